The SMILES string of the molecule is C.C.C.CC(C)N1CC(C)(C)C1.CC(C)N1CC(C)(F)C1.CC(C)N1CC(OC(F)F)C1.CC(C)N1CC2CC(C1)O2.CC(C)N1CCC12CCC2.CC(C)N1CCCC1C.COCC1CN(C(C)C)C1. The first kappa shape index (κ1) is 70.4. The first-order valence-electron chi connectivity index (χ1n) is 27.6. The first-order chi connectivity index (χ1) is 31.6. The molecule has 0 amide bonds. The van der Waals surface area contributed by atoms with Gasteiger partial charge in [0.15, 0.2) is 0 Å². The molecule has 13 heteroatoms. The largest absolute Gasteiger partial charge is 0.384 e. The molecule has 0 N–H and O–H groups in total. The van der Waals surface area contributed by atoms with Gasteiger partial charge in [0.1, 0.15) is 5.67 Å². The lowest BCUT2D eigenvalue weighted by Crippen LogP contribution is -2.65. The van der Waals surface area contributed by atoms with E-state index in [0.29, 0.717) is 73.5 Å². The minimum atomic E-state index is -2.62. The van der Waals surface area contributed by atoms with Crippen LogP contribution in [0.2, 0.25) is 0 Å². The Morgan fingerprint density at radius 1 is 0.563 bits per heavy atom. The summed E-state index contributed by atoms with van der Waals surface area (Å²) in [6.45, 7) is 50.5. The summed E-state index contributed by atoms with van der Waals surface area (Å²) in [6.07, 6.45) is 10.9. The van der Waals surface area contributed by atoms with Crippen molar-refractivity contribution in [3.8, 4) is 0 Å². The van der Waals surface area contributed by atoms with E-state index in [1.165, 1.54) is 84.2 Å². The zero-order valence-electron chi connectivity index (χ0n) is 47.6. The van der Waals surface area contributed by atoms with Gasteiger partial charge in [0.25, 0.3) is 0 Å². The number of rotatable bonds is 11. The Morgan fingerprint density at radius 2 is 1.00 bits per heavy atom. The van der Waals surface area contributed by atoms with E-state index < -0.39 is 12.3 Å². The van der Waals surface area contributed by atoms with Gasteiger partial charge in [-0.25, -0.2) is 4.39 Å². The van der Waals surface area contributed by atoms with Crippen molar-refractivity contribution in [1.29, 1.82) is 0 Å². The molecule has 1 spiro atoms. The predicted molar refractivity (Wildman–Crippen MR) is 300 cm³/mol. The maximum Gasteiger partial charge on any atom is 0.345 e. The zero-order valence-corrected chi connectivity index (χ0v) is 47.6. The lowest BCUT2D eigenvalue weighted by molar-refractivity contribution is -0.199. The van der Waals surface area contributed by atoms with Crippen LogP contribution in [0.4, 0.5) is 13.2 Å². The van der Waals surface area contributed by atoms with E-state index in [0.717, 1.165) is 49.8 Å². The van der Waals surface area contributed by atoms with Crippen LogP contribution in [0.3, 0.4) is 0 Å². The van der Waals surface area contributed by atoms with Gasteiger partial charge < -0.3 is 19.1 Å². The average Bonchev–Trinajstić information content (AvgIpc) is 3.58. The van der Waals surface area contributed by atoms with Crippen molar-refractivity contribution in [2.24, 2.45) is 11.3 Å². The van der Waals surface area contributed by atoms with Crippen molar-refractivity contribution >= 4 is 0 Å². The fraction of sp³-hybridized carbons (Fsp3) is 1.00. The number of ether oxygens (including phenoxy) is 3. The normalized spacial score (nSPS) is 26.7. The second-order valence-corrected chi connectivity index (χ2v) is 25.1. The van der Waals surface area contributed by atoms with E-state index >= 15 is 0 Å². The topological polar surface area (TPSA) is 50.4 Å². The molecule has 10 aliphatic rings. The number of morpholine rings is 1. The summed E-state index contributed by atoms with van der Waals surface area (Å²) >= 11 is 0. The first-order valence-corrected chi connectivity index (χ1v) is 27.6. The van der Waals surface area contributed by atoms with Crippen LogP contribution >= 0.6 is 0 Å². The van der Waals surface area contributed by atoms with Crippen LogP contribution in [-0.2, 0) is 14.2 Å². The molecule has 10 fully saturated rings. The number of fused-ring (bicyclic) bond motifs is 2. The standard InChI is InChI=1S/C9H17N.C8H15NO.C8H17NO.2C8H17N.C7H13F2NO.C7H14FN.3CH4/c1-8(2)10-7-6-9(10)4-3-5-9;1-6(2)9-4-7-3-8(5-9)10-7;1-7(2)9-4-8(5-9)6-10-3;1-7(2)9-5-8(3,4)6-9;1-7(2)9-6-4-5-8(9)3;1-5(2)10-3-6(4-10)11-7(8)9;1-6(2)9-4-7(3,8)5-9;;;/h8H,3-7H2,1-2H3;6-8H,3-5H2,1-2H3;7-8H,4-6H2,1-3H3;7H,5-6H2,1-4H3;7-8H,4-6H2,1-3H3;5-7H,3-4H2,1-2H3;6H,4-5H2,1-3H3;3*1H4. The summed E-state index contributed by atoms with van der Waals surface area (Å²) in [7, 11) is 1.78. The third-order valence-electron chi connectivity index (χ3n) is 15.9. The van der Waals surface area contributed by atoms with Crippen LogP contribution in [0.5, 0.6) is 0 Å². The van der Waals surface area contributed by atoms with Crippen LogP contribution < -0.4 is 0 Å². The Bertz CT molecular complexity index is 1310. The van der Waals surface area contributed by atoms with E-state index in [1.54, 1.807) is 14.0 Å². The maximum atomic E-state index is 12.8. The van der Waals surface area contributed by atoms with Gasteiger partial charge in [0.05, 0.1) is 24.9 Å². The number of alkyl halides is 3. The van der Waals surface area contributed by atoms with Gasteiger partial charge in [0.2, 0.25) is 0 Å². The summed E-state index contributed by atoms with van der Waals surface area (Å²) in [6, 6.07) is 5.49. The quantitative estimate of drug-likeness (QED) is 0.200. The van der Waals surface area contributed by atoms with Gasteiger partial charge in [-0.3, -0.25) is 29.4 Å². The fourth-order valence-corrected chi connectivity index (χ4v) is 11.1. The van der Waals surface area contributed by atoms with E-state index in [4.69, 9.17) is 9.47 Å². The molecule has 1 saturated carbocycles. The average molecular weight is 1020 g/mol. The van der Waals surface area contributed by atoms with E-state index in [9.17, 15) is 13.2 Å². The highest BCUT2D eigenvalue weighted by Gasteiger charge is 2.49. The Balaban J connectivity index is 0.000000800. The summed E-state index contributed by atoms with van der Waals surface area (Å²) in [5.74, 6) is 0.799. The number of nitrogens with zero attached hydrogens (tertiary/aromatic N) is 7. The fourth-order valence-electron chi connectivity index (χ4n) is 11.1. The lowest BCUT2D eigenvalue weighted by atomic mass is 9.67. The Morgan fingerprint density at radius 3 is 1.23 bits per heavy atom. The highest BCUT2D eigenvalue weighted by Crippen LogP contribution is 2.48. The van der Waals surface area contributed by atoms with Gasteiger partial charge in [-0.1, -0.05) is 36.1 Å². The van der Waals surface area contributed by atoms with E-state index in [2.05, 4.69) is 143 Å². The summed E-state index contributed by atoms with van der Waals surface area (Å²) in [5.41, 5.74) is 0.419. The van der Waals surface area contributed by atoms with Crippen LogP contribution in [0.1, 0.15) is 192 Å². The molecule has 9 saturated heterocycles. The molecule has 10 nitrogen and oxygen atoms in total. The second kappa shape index (κ2) is 32.2. The van der Waals surface area contributed by atoms with Gasteiger partial charge in [0, 0.05) is 145 Å². The third kappa shape index (κ3) is 23.3. The molecule has 9 heterocycles. The highest BCUT2D eigenvalue weighted by molar-refractivity contribution is 5.06. The highest BCUT2D eigenvalue weighted by atomic mass is 19.3. The van der Waals surface area contributed by atoms with Crippen LogP contribution in [0.25, 0.3) is 0 Å². The molecule has 3 unspecified atom stereocenters. The Labute approximate surface area is 440 Å². The van der Waals surface area contributed by atoms with Gasteiger partial charge in [-0.2, -0.15) is 8.78 Å². The Hall–Kier alpha value is -0.610. The number of piperidine rings is 1. The number of halogens is 3. The molecule has 0 radical (unpaired) electrons. The van der Waals surface area contributed by atoms with Crippen molar-refractivity contribution in [3.05, 3.63) is 0 Å². The maximum absolute atomic E-state index is 12.8. The minimum absolute atomic E-state index is 0. The molecule has 1 aliphatic carbocycles. The smallest absolute Gasteiger partial charge is 0.345 e. The summed E-state index contributed by atoms with van der Waals surface area (Å²) < 4.78 is 50.8. The lowest BCUT2D eigenvalue weighted by Gasteiger charge is -2.60. The van der Waals surface area contributed by atoms with Gasteiger partial charge in [-0.05, 0) is 161 Å². The molecular formula is C58H122F3N7O3. The number of hydrogen-bond donors (Lipinski definition) is 0. The van der Waals surface area contributed by atoms with Gasteiger partial charge in [-0.15, -0.1) is 0 Å². The molecule has 71 heavy (non-hydrogen) atoms. The van der Waals surface area contributed by atoms with Crippen molar-refractivity contribution in [2.75, 3.05) is 92.3 Å². The van der Waals surface area contributed by atoms with Crippen molar-refractivity contribution in [1.82, 2.24) is 34.3 Å². The minimum Gasteiger partial charge on any atom is -0.384 e. The predicted octanol–water partition coefficient (Wildman–Crippen LogP) is 12.1. The molecule has 0 aromatic carbocycles. The number of methoxy groups -OCH3 is 1. The van der Waals surface area contributed by atoms with Crippen LogP contribution in [0.15, 0.2) is 0 Å². The third-order valence-corrected chi connectivity index (χ3v) is 15.9. The molecule has 2 bridgehead atoms. The van der Waals surface area contributed by atoms with Crippen molar-refractivity contribution in [3.63, 3.8) is 0 Å². The van der Waals surface area contributed by atoms with Crippen LogP contribution in [0, 0.1) is 11.3 Å². The molecular weight excluding hydrogens is 900 g/mol. The number of hydrogen-bond acceptors (Lipinski definition) is 10. The van der Waals surface area contributed by atoms with E-state index in [-0.39, 0.29) is 28.4 Å². The molecule has 3 atom stereocenters. The van der Waals surface area contributed by atoms with Crippen LogP contribution in [-0.4, -0.2) is 211 Å². The molecule has 0 aromatic heterocycles. The van der Waals surface area contributed by atoms with Crippen molar-refractivity contribution in [2.45, 2.75) is 276 Å². The molecule has 428 valence electrons. The summed E-state index contributed by atoms with van der Waals surface area (Å²) in [4.78, 5) is 16.9. The molecule has 0 aromatic rings. The summed E-state index contributed by atoms with van der Waals surface area (Å²) in [5, 5.41) is 0. The monoisotopic (exact) mass is 1020 g/mol. The second-order valence-electron chi connectivity index (χ2n) is 25.1. The Kier molecular flexibility index (Phi) is 31.9. The molecule has 9 aliphatic heterocycles. The van der Waals surface area contributed by atoms with E-state index in [1.807, 2.05) is 13.8 Å². The number of likely N-dealkylation sites (tertiary alicyclic amines) is 6. The molecule has 10 rings (SSSR count). The van der Waals surface area contributed by atoms with Crippen molar-refractivity contribution < 1.29 is 27.4 Å². The van der Waals surface area contributed by atoms with Gasteiger partial charge >= 0.3 is 6.61 Å². The zero-order chi connectivity index (χ0) is 51.3.